The molecule has 21 heavy (non-hydrogen) atoms. The summed E-state index contributed by atoms with van der Waals surface area (Å²) in [7, 11) is 1.58. The molecule has 0 radical (unpaired) electrons. The minimum Gasteiger partial charge on any atom is -0.497 e. The molecule has 0 amide bonds. The van der Waals surface area contributed by atoms with E-state index in [1.165, 1.54) is 0 Å². The van der Waals surface area contributed by atoms with E-state index in [4.69, 9.17) is 9.47 Å². The molecule has 1 aliphatic rings. The molecule has 4 nitrogen and oxygen atoms in total. The van der Waals surface area contributed by atoms with Gasteiger partial charge in [-0.15, -0.1) is 0 Å². The smallest absolute Gasteiger partial charge is 0.153 e. The van der Waals surface area contributed by atoms with E-state index in [0.29, 0.717) is 17.1 Å². The standard InChI is InChI=1S/C16H15BrO4/c1-20-11-4-2-3-9(7-11)16-15(19)14(18)12-8-10(17)5-6-13(12)21-16/h2-8,14-16,18-19H,1H3/t14-,15-,16-/m0/s1. The Balaban J connectivity index is 1.99. The van der Waals surface area contributed by atoms with Gasteiger partial charge in [0, 0.05) is 10.0 Å². The number of rotatable bonds is 2. The van der Waals surface area contributed by atoms with Gasteiger partial charge in [-0.1, -0.05) is 28.1 Å². The Hall–Kier alpha value is -1.56. The zero-order valence-corrected chi connectivity index (χ0v) is 12.9. The number of methoxy groups -OCH3 is 1. The third-order valence-corrected chi connectivity index (χ3v) is 4.09. The Morgan fingerprint density at radius 1 is 1.14 bits per heavy atom. The fourth-order valence-electron chi connectivity index (χ4n) is 2.50. The molecule has 2 N–H and O–H groups in total. The van der Waals surface area contributed by atoms with Crippen molar-refractivity contribution in [3.63, 3.8) is 0 Å². The highest BCUT2D eigenvalue weighted by Gasteiger charge is 2.37. The lowest BCUT2D eigenvalue weighted by molar-refractivity contribution is -0.0700. The summed E-state index contributed by atoms with van der Waals surface area (Å²) in [5.41, 5.74) is 1.34. The van der Waals surface area contributed by atoms with Gasteiger partial charge in [-0.05, 0) is 35.9 Å². The number of aliphatic hydroxyl groups is 2. The summed E-state index contributed by atoms with van der Waals surface area (Å²) in [5, 5.41) is 20.7. The second-order valence-electron chi connectivity index (χ2n) is 4.93. The number of ether oxygens (including phenoxy) is 2. The van der Waals surface area contributed by atoms with E-state index in [2.05, 4.69) is 15.9 Å². The van der Waals surface area contributed by atoms with Crippen LogP contribution in [0.1, 0.15) is 23.3 Å². The van der Waals surface area contributed by atoms with Crippen LogP contribution in [0.5, 0.6) is 11.5 Å². The third kappa shape index (κ3) is 2.64. The average Bonchev–Trinajstić information content (AvgIpc) is 2.51. The number of hydrogen-bond acceptors (Lipinski definition) is 4. The topological polar surface area (TPSA) is 58.9 Å². The molecule has 1 heterocycles. The third-order valence-electron chi connectivity index (χ3n) is 3.60. The molecular weight excluding hydrogens is 336 g/mol. The van der Waals surface area contributed by atoms with Gasteiger partial charge < -0.3 is 19.7 Å². The molecule has 3 atom stereocenters. The zero-order chi connectivity index (χ0) is 15.0. The van der Waals surface area contributed by atoms with Crippen LogP contribution < -0.4 is 9.47 Å². The van der Waals surface area contributed by atoms with Crippen molar-refractivity contribution in [3.8, 4) is 11.5 Å². The Labute approximate surface area is 131 Å². The number of halogens is 1. The molecule has 1 aliphatic heterocycles. The first kappa shape index (κ1) is 14.4. The van der Waals surface area contributed by atoms with Crippen LogP contribution in [-0.2, 0) is 0 Å². The Morgan fingerprint density at radius 2 is 1.95 bits per heavy atom. The molecule has 0 bridgehead atoms. The number of hydrogen-bond donors (Lipinski definition) is 2. The molecule has 5 heteroatoms. The number of fused-ring (bicyclic) bond motifs is 1. The van der Waals surface area contributed by atoms with Crippen molar-refractivity contribution >= 4 is 15.9 Å². The van der Waals surface area contributed by atoms with Crippen molar-refractivity contribution in [2.45, 2.75) is 18.3 Å². The van der Waals surface area contributed by atoms with Crippen LogP contribution in [0.2, 0.25) is 0 Å². The molecule has 0 saturated heterocycles. The fraction of sp³-hybridized carbons (Fsp3) is 0.250. The molecule has 3 rings (SSSR count). The van der Waals surface area contributed by atoms with Gasteiger partial charge in [0.2, 0.25) is 0 Å². The minimum absolute atomic E-state index is 0.573. The second-order valence-corrected chi connectivity index (χ2v) is 5.85. The van der Waals surface area contributed by atoms with Crippen molar-refractivity contribution in [3.05, 3.63) is 58.1 Å². The highest BCUT2D eigenvalue weighted by molar-refractivity contribution is 9.10. The van der Waals surface area contributed by atoms with Gasteiger partial charge in [0.25, 0.3) is 0 Å². The molecule has 2 aromatic rings. The van der Waals surface area contributed by atoms with E-state index in [1.54, 1.807) is 25.3 Å². The molecule has 2 aromatic carbocycles. The van der Waals surface area contributed by atoms with E-state index < -0.39 is 18.3 Å². The second kappa shape index (κ2) is 5.67. The lowest BCUT2D eigenvalue weighted by atomic mass is 9.92. The summed E-state index contributed by atoms with van der Waals surface area (Å²) in [6.07, 6.45) is -2.68. The van der Waals surface area contributed by atoms with Crippen molar-refractivity contribution in [2.75, 3.05) is 7.11 Å². The van der Waals surface area contributed by atoms with Gasteiger partial charge in [-0.25, -0.2) is 0 Å². The van der Waals surface area contributed by atoms with Gasteiger partial charge >= 0.3 is 0 Å². The first-order valence-corrected chi connectivity index (χ1v) is 7.35. The number of benzene rings is 2. The van der Waals surface area contributed by atoms with Crippen LogP contribution in [0.3, 0.4) is 0 Å². The van der Waals surface area contributed by atoms with Crippen molar-refractivity contribution in [1.29, 1.82) is 0 Å². The van der Waals surface area contributed by atoms with E-state index in [0.717, 1.165) is 10.0 Å². The zero-order valence-electron chi connectivity index (χ0n) is 11.4. The van der Waals surface area contributed by atoms with Gasteiger partial charge in [-0.2, -0.15) is 0 Å². The predicted octanol–water partition coefficient (Wildman–Crippen LogP) is 2.99. The first-order chi connectivity index (χ1) is 10.1. The largest absolute Gasteiger partial charge is 0.497 e. The van der Waals surface area contributed by atoms with Gasteiger partial charge in [0.15, 0.2) is 6.10 Å². The maximum absolute atomic E-state index is 10.4. The van der Waals surface area contributed by atoms with Crippen molar-refractivity contribution in [1.82, 2.24) is 0 Å². The maximum Gasteiger partial charge on any atom is 0.153 e. The quantitative estimate of drug-likeness (QED) is 0.874. The van der Waals surface area contributed by atoms with E-state index in [9.17, 15) is 10.2 Å². The SMILES string of the molecule is COc1cccc([C@@H]2Oc3ccc(Br)cc3[C@H](O)[C@@H]2O)c1. The van der Waals surface area contributed by atoms with Crippen LogP contribution in [0.25, 0.3) is 0 Å². The summed E-state index contributed by atoms with van der Waals surface area (Å²) in [4.78, 5) is 0. The van der Waals surface area contributed by atoms with Crippen LogP contribution in [0.15, 0.2) is 46.9 Å². The summed E-state index contributed by atoms with van der Waals surface area (Å²) in [5.74, 6) is 1.25. The minimum atomic E-state index is -1.04. The lowest BCUT2D eigenvalue weighted by Crippen LogP contribution is -2.34. The van der Waals surface area contributed by atoms with E-state index in [1.807, 2.05) is 24.3 Å². The molecule has 0 aliphatic carbocycles. The van der Waals surface area contributed by atoms with Gasteiger partial charge in [-0.3, -0.25) is 0 Å². The van der Waals surface area contributed by atoms with Crippen LogP contribution >= 0.6 is 15.9 Å². The summed E-state index contributed by atoms with van der Waals surface area (Å²) >= 11 is 3.35. The number of aliphatic hydroxyl groups excluding tert-OH is 2. The Kier molecular flexibility index (Phi) is 3.89. The van der Waals surface area contributed by atoms with E-state index in [-0.39, 0.29) is 0 Å². The molecular formula is C16H15BrO4. The molecule has 0 unspecified atom stereocenters. The molecule has 0 saturated carbocycles. The molecule has 0 fully saturated rings. The van der Waals surface area contributed by atoms with Gasteiger partial charge in [0.05, 0.1) is 7.11 Å². The molecule has 110 valence electrons. The maximum atomic E-state index is 10.4. The van der Waals surface area contributed by atoms with Crippen molar-refractivity contribution < 1.29 is 19.7 Å². The predicted molar refractivity (Wildman–Crippen MR) is 81.5 cm³/mol. The monoisotopic (exact) mass is 350 g/mol. The summed E-state index contributed by atoms with van der Waals surface area (Å²) in [6.45, 7) is 0. The van der Waals surface area contributed by atoms with Crippen LogP contribution in [-0.4, -0.2) is 23.4 Å². The van der Waals surface area contributed by atoms with E-state index >= 15 is 0 Å². The van der Waals surface area contributed by atoms with Gasteiger partial charge in [0.1, 0.15) is 23.7 Å². The van der Waals surface area contributed by atoms with Crippen molar-refractivity contribution in [2.24, 2.45) is 0 Å². The average molecular weight is 351 g/mol. The fourth-order valence-corrected chi connectivity index (χ4v) is 2.88. The highest BCUT2D eigenvalue weighted by Crippen LogP contribution is 2.42. The summed E-state index contributed by atoms with van der Waals surface area (Å²) < 4.78 is 11.9. The Morgan fingerprint density at radius 3 is 2.71 bits per heavy atom. The molecule has 0 aromatic heterocycles. The summed E-state index contributed by atoms with van der Waals surface area (Å²) in [6, 6.07) is 12.7. The van der Waals surface area contributed by atoms with Crippen LogP contribution in [0.4, 0.5) is 0 Å². The lowest BCUT2D eigenvalue weighted by Gasteiger charge is -2.34. The van der Waals surface area contributed by atoms with Crippen LogP contribution in [0, 0.1) is 0 Å². The molecule has 0 spiro atoms. The normalized spacial score (nSPS) is 24.1. The highest BCUT2D eigenvalue weighted by atomic mass is 79.9. The Bertz CT molecular complexity index is 658. The first-order valence-electron chi connectivity index (χ1n) is 6.56.